The van der Waals surface area contributed by atoms with Gasteiger partial charge in [-0.3, -0.25) is 4.79 Å². The molecule has 5 rings (SSSR count). The Kier molecular flexibility index (Phi) is 6.41. The lowest BCUT2D eigenvalue weighted by molar-refractivity contribution is -0.117. The molecule has 1 aliphatic carbocycles. The Balaban J connectivity index is 1.44. The second kappa shape index (κ2) is 9.62. The van der Waals surface area contributed by atoms with Crippen molar-refractivity contribution >= 4 is 23.5 Å². The Bertz CT molecular complexity index is 1040. The van der Waals surface area contributed by atoms with Gasteiger partial charge >= 0.3 is 6.09 Å². The summed E-state index contributed by atoms with van der Waals surface area (Å²) < 4.78 is 11.0. The predicted octanol–water partition coefficient (Wildman–Crippen LogP) is 3.67. The summed E-state index contributed by atoms with van der Waals surface area (Å²) in [5.74, 6) is 1.29. The zero-order chi connectivity index (χ0) is 23.7. The summed E-state index contributed by atoms with van der Waals surface area (Å²) in [7, 11) is 0. The number of benzene rings is 1. The van der Waals surface area contributed by atoms with Gasteiger partial charge in [0.1, 0.15) is 12.4 Å². The largest absolute Gasteiger partial charge is 0.445 e. The molecule has 1 N–H and O–H groups in total. The smallest absolute Gasteiger partial charge is 0.408 e. The Morgan fingerprint density at radius 3 is 2.53 bits per heavy atom. The molecule has 3 aliphatic rings. The van der Waals surface area contributed by atoms with E-state index in [0.717, 1.165) is 48.7 Å². The van der Waals surface area contributed by atoms with Gasteiger partial charge in [0.25, 0.3) is 0 Å². The lowest BCUT2D eigenvalue weighted by Gasteiger charge is -2.45. The van der Waals surface area contributed by atoms with Crippen LogP contribution in [0.1, 0.15) is 44.0 Å². The maximum absolute atomic E-state index is 12.9. The van der Waals surface area contributed by atoms with Gasteiger partial charge in [-0.25, -0.2) is 9.78 Å². The van der Waals surface area contributed by atoms with E-state index < -0.39 is 6.09 Å². The molecule has 2 unspecified atom stereocenters. The Morgan fingerprint density at radius 2 is 1.85 bits per heavy atom. The number of fused-ring (bicyclic) bond motifs is 1. The number of carbonyl (C=O) groups is 2. The topological polar surface area (TPSA) is 84.0 Å². The first-order valence-electron chi connectivity index (χ1n) is 12.1. The molecule has 1 aromatic carbocycles. The lowest BCUT2D eigenvalue weighted by Crippen LogP contribution is -2.53. The standard InChI is InChI=1S/C26H32N4O4/c1-17-23(28-26(32)34-16-19-6-4-3-5-7-19)24-21(30(18(2)31)25(17)20-8-9-20)10-11-22(27-24)29-12-14-33-15-13-29/h3-7,10-11,17,20,23,25H,8-9,12-16H2,1-2H3,(H,28,32)/t17?,23-,25?/m1/s1. The fraction of sp³-hybridized carbons (Fsp3) is 0.500. The molecule has 3 atom stereocenters. The first-order valence-corrected chi connectivity index (χ1v) is 12.1. The van der Waals surface area contributed by atoms with E-state index in [1.54, 1.807) is 6.92 Å². The van der Waals surface area contributed by atoms with E-state index in [-0.39, 0.29) is 30.5 Å². The number of rotatable bonds is 5. The number of hydrogen-bond donors (Lipinski definition) is 1. The Hall–Kier alpha value is -3.13. The Morgan fingerprint density at radius 1 is 1.12 bits per heavy atom. The van der Waals surface area contributed by atoms with Crippen LogP contribution in [0.4, 0.5) is 16.3 Å². The van der Waals surface area contributed by atoms with Crippen LogP contribution >= 0.6 is 0 Å². The van der Waals surface area contributed by atoms with Crippen LogP contribution in [0, 0.1) is 11.8 Å². The number of ether oxygens (including phenoxy) is 2. The molecular weight excluding hydrogens is 432 g/mol. The summed E-state index contributed by atoms with van der Waals surface area (Å²) in [4.78, 5) is 34.7. The number of carbonyl (C=O) groups excluding carboxylic acids is 2. The summed E-state index contributed by atoms with van der Waals surface area (Å²) in [6.45, 7) is 6.77. The SMILES string of the molecule is CC(=O)N1c2ccc(N3CCOCC3)nc2[C@H](NC(=O)OCc2ccccc2)C(C)C1C1CC1. The summed E-state index contributed by atoms with van der Waals surface area (Å²) in [5.41, 5.74) is 2.44. The fourth-order valence-corrected chi connectivity index (χ4v) is 5.25. The van der Waals surface area contributed by atoms with E-state index >= 15 is 0 Å². The van der Waals surface area contributed by atoms with Crippen LogP contribution < -0.4 is 15.1 Å². The number of nitrogens with zero attached hydrogens (tertiary/aromatic N) is 3. The minimum absolute atomic E-state index is 0.000569. The van der Waals surface area contributed by atoms with Gasteiger partial charge in [-0.05, 0) is 36.5 Å². The van der Waals surface area contributed by atoms with Crippen molar-refractivity contribution in [3.63, 3.8) is 0 Å². The van der Waals surface area contributed by atoms with E-state index in [9.17, 15) is 9.59 Å². The molecule has 2 aliphatic heterocycles. The molecule has 2 fully saturated rings. The summed E-state index contributed by atoms with van der Waals surface area (Å²) >= 11 is 0. The minimum atomic E-state index is -0.476. The monoisotopic (exact) mass is 464 g/mol. The van der Waals surface area contributed by atoms with Gasteiger partial charge in [0, 0.05) is 32.0 Å². The third-order valence-corrected chi connectivity index (χ3v) is 7.07. The molecule has 2 aromatic rings. The number of aromatic nitrogens is 1. The summed E-state index contributed by atoms with van der Waals surface area (Å²) in [6.07, 6.45) is 1.72. The molecule has 34 heavy (non-hydrogen) atoms. The number of nitrogens with one attached hydrogen (secondary N) is 1. The highest BCUT2D eigenvalue weighted by Gasteiger charge is 2.48. The van der Waals surface area contributed by atoms with E-state index in [4.69, 9.17) is 14.5 Å². The maximum Gasteiger partial charge on any atom is 0.408 e. The average Bonchev–Trinajstić information content (AvgIpc) is 3.70. The van der Waals surface area contributed by atoms with Crippen molar-refractivity contribution in [3.05, 3.63) is 53.7 Å². The van der Waals surface area contributed by atoms with Gasteiger partial charge in [-0.15, -0.1) is 0 Å². The quantitative estimate of drug-likeness (QED) is 0.727. The number of amides is 2. The zero-order valence-electron chi connectivity index (χ0n) is 19.8. The third kappa shape index (κ3) is 4.59. The molecule has 0 bridgehead atoms. The second-order valence-electron chi connectivity index (χ2n) is 9.43. The van der Waals surface area contributed by atoms with E-state index in [0.29, 0.717) is 19.1 Å². The first-order chi connectivity index (χ1) is 16.5. The van der Waals surface area contributed by atoms with Crippen LogP contribution in [0.5, 0.6) is 0 Å². The third-order valence-electron chi connectivity index (χ3n) is 7.07. The summed E-state index contributed by atoms with van der Waals surface area (Å²) in [6, 6.07) is 13.3. The van der Waals surface area contributed by atoms with Gasteiger partial charge < -0.3 is 24.6 Å². The van der Waals surface area contributed by atoms with Crippen LogP contribution in [0.2, 0.25) is 0 Å². The van der Waals surface area contributed by atoms with Crippen molar-refractivity contribution in [2.24, 2.45) is 11.8 Å². The lowest BCUT2D eigenvalue weighted by atomic mass is 9.82. The minimum Gasteiger partial charge on any atom is -0.445 e. The van der Waals surface area contributed by atoms with Crippen molar-refractivity contribution in [3.8, 4) is 0 Å². The van der Waals surface area contributed by atoms with Crippen molar-refractivity contribution in [2.75, 3.05) is 36.1 Å². The molecule has 180 valence electrons. The normalized spacial score (nSPS) is 24.4. The number of morpholine rings is 1. The maximum atomic E-state index is 12.9. The van der Waals surface area contributed by atoms with Crippen LogP contribution in [0.15, 0.2) is 42.5 Å². The van der Waals surface area contributed by atoms with E-state index in [1.807, 2.05) is 47.4 Å². The van der Waals surface area contributed by atoms with Gasteiger partial charge in [0.2, 0.25) is 5.91 Å². The van der Waals surface area contributed by atoms with Crippen LogP contribution in [0.3, 0.4) is 0 Å². The average molecular weight is 465 g/mol. The molecule has 1 saturated heterocycles. The highest BCUT2D eigenvalue weighted by molar-refractivity contribution is 5.94. The predicted molar refractivity (Wildman–Crippen MR) is 129 cm³/mol. The van der Waals surface area contributed by atoms with Crippen LogP contribution in [0.25, 0.3) is 0 Å². The Labute approximate surface area is 200 Å². The zero-order valence-corrected chi connectivity index (χ0v) is 19.8. The number of alkyl carbamates (subject to hydrolysis) is 1. The highest BCUT2D eigenvalue weighted by Crippen LogP contribution is 2.49. The molecule has 3 heterocycles. The number of pyridine rings is 1. The molecule has 0 radical (unpaired) electrons. The van der Waals surface area contributed by atoms with E-state index in [1.165, 1.54) is 0 Å². The van der Waals surface area contributed by atoms with Crippen molar-refractivity contribution in [1.29, 1.82) is 0 Å². The van der Waals surface area contributed by atoms with Crippen LogP contribution in [-0.4, -0.2) is 49.3 Å². The number of anilines is 2. The molecular formula is C26H32N4O4. The van der Waals surface area contributed by atoms with Gasteiger partial charge in [-0.2, -0.15) is 0 Å². The van der Waals surface area contributed by atoms with Crippen LogP contribution in [-0.2, 0) is 20.9 Å². The van der Waals surface area contributed by atoms with Crippen molar-refractivity contribution < 1.29 is 19.1 Å². The van der Waals surface area contributed by atoms with Crippen molar-refractivity contribution in [1.82, 2.24) is 10.3 Å². The van der Waals surface area contributed by atoms with Gasteiger partial charge in [0.15, 0.2) is 0 Å². The molecule has 1 saturated carbocycles. The van der Waals surface area contributed by atoms with E-state index in [2.05, 4.69) is 17.1 Å². The number of hydrogen-bond acceptors (Lipinski definition) is 6. The van der Waals surface area contributed by atoms with Gasteiger partial charge in [0.05, 0.1) is 30.6 Å². The molecule has 8 nitrogen and oxygen atoms in total. The molecule has 1 aromatic heterocycles. The fourth-order valence-electron chi connectivity index (χ4n) is 5.25. The van der Waals surface area contributed by atoms with Crippen molar-refractivity contribution in [2.45, 2.75) is 45.4 Å². The molecule has 8 heteroatoms. The first kappa shape index (κ1) is 22.7. The van der Waals surface area contributed by atoms with Gasteiger partial charge in [-0.1, -0.05) is 37.3 Å². The highest BCUT2D eigenvalue weighted by atomic mass is 16.5. The molecule has 0 spiro atoms. The second-order valence-corrected chi connectivity index (χ2v) is 9.43. The molecule has 2 amide bonds. The summed E-state index contributed by atoms with van der Waals surface area (Å²) in [5, 5.41) is 3.09.